The smallest absolute Gasteiger partial charge is 0.411 e. The largest absolute Gasteiger partial charge is 0.497 e. The number of amides is 1. The van der Waals surface area contributed by atoms with Gasteiger partial charge in [0, 0.05) is 19.1 Å². The Bertz CT molecular complexity index is 641. The highest BCUT2D eigenvalue weighted by Crippen LogP contribution is 2.23. The van der Waals surface area contributed by atoms with Gasteiger partial charge in [0.25, 0.3) is 0 Å². The normalized spacial score (nSPS) is 20.0. The number of hydrogen-bond acceptors (Lipinski definition) is 6. The summed E-state index contributed by atoms with van der Waals surface area (Å²) < 4.78 is 15.5. The molecule has 7 nitrogen and oxygen atoms in total. The second-order valence-electron chi connectivity index (χ2n) is 7.34. The lowest BCUT2D eigenvalue weighted by Gasteiger charge is -2.27. The first-order valence-corrected chi connectivity index (χ1v) is 8.67. The first-order valence-electron chi connectivity index (χ1n) is 8.67. The molecule has 144 valence electrons. The molecule has 7 heteroatoms. The maximum absolute atomic E-state index is 12.4. The zero-order valence-corrected chi connectivity index (χ0v) is 16.1. The minimum Gasteiger partial charge on any atom is -0.497 e. The Kier molecular flexibility index (Phi) is 6.47. The fourth-order valence-electron chi connectivity index (χ4n) is 2.91. The summed E-state index contributed by atoms with van der Waals surface area (Å²) in [5.41, 5.74) is 0.443. The van der Waals surface area contributed by atoms with Crippen LogP contribution in [-0.4, -0.2) is 55.4 Å². The van der Waals surface area contributed by atoms with Gasteiger partial charge in [0.2, 0.25) is 0 Å². The standard InChI is InChI=1S/C19H28N2O5/c1-19(2,3)26-18(23)21-12-14(10-16(21)17(22)25-5)20-11-13-7-6-8-15(9-13)24-4/h6-9,14,16,20H,10-12H2,1-5H3/t14-,16+/m1/s1. The van der Waals surface area contributed by atoms with E-state index in [1.54, 1.807) is 27.9 Å². The average Bonchev–Trinajstić information content (AvgIpc) is 3.02. The van der Waals surface area contributed by atoms with Crippen LogP contribution in [0, 0.1) is 0 Å². The Labute approximate surface area is 154 Å². The molecular formula is C19H28N2O5. The summed E-state index contributed by atoms with van der Waals surface area (Å²) in [6.45, 7) is 6.39. The van der Waals surface area contributed by atoms with Crippen molar-refractivity contribution < 1.29 is 23.8 Å². The molecule has 0 aliphatic carbocycles. The summed E-state index contributed by atoms with van der Waals surface area (Å²) in [7, 11) is 2.95. The molecule has 0 bridgehead atoms. The molecule has 1 heterocycles. The van der Waals surface area contributed by atoms with Crippen LogP contribution >= 0.6 is 0 Å². The number of nitrogens with one attached hydrogen (secondary N) is 1. The van der Waals surface area contributed by atoms with Gasteiger partial charge in [0.05, 0.1) is 14.2 Å². The summed E-state index contributed by atoms with van der Waals surface area (Å²) in [6, 6.07) is 7.08. The molecule has 1 aliphatic rings. The van der Waals surface area contributed by atoms with Crippen molar-refractivity contribution in [3.8, 4) is 5.75 Å². The van der Waals surface area contributed by atoms with Crippen molar-refractivity contribution >= 4 is 12.1 Å². The second kappa shape index (κ2) is 8.40. The Morgan fingerprint density at radius 2 is 2.00 bits per heavy atom. The molecule has 0 saturated carbocycles. The van der Waals surface area contributed by atoms with Crippen molar-refractivity contribution in [2.75, 3.05) is 20.8 Å². The molecule has 26 heavy (non-hydrogen) atoms. The summed E-state index contributed by atoms with van der Waals surface area (Å²) in [4.78, 5) is 26.0. The Balaban J connectivity index is 2.02. The van der Waals surface area contributed by atoms with Crippen molar-refractivity contribution in [2.45, 2.75) is 51.4 Å². The Morgan fingerprint density at radius 3 is 2.62 bits per heavy atom. The van der Waals surface area contributed by atoms with E-state index >= 15 is 0 Å². The van der Waals surface area contributed by atoms with E-state index in [1.807, 2.05) is 24.3 Å². The molecule has 1 fully saturated rings. The van der Waals surface area contributed by atoms with Crippen molar-refractivity contribution in [3.63, 3.8) is 0 Å². The van der Waals surface area contributed by atoms with E-state index in [2.05, 4.69) is 5.32 Å². The number of ether oxygens (including phenoxy) is 3. The molecule has 0 aromatic heterocycles. The second-order valence-corrected chi connectivity index (χ2v) is 7.34. The van der Waals surface area contributed by atoms with Crippen LogP contribution in [0.4, 0.5) is 4.79 Å². The van der Waals surface area contributed by atoms with Crippen molar-refractivity contribution in [1.82, 2.24) is 10.2 Å². The summed E-state index contributed by atoms with van der Waals surface area (Å²) >= 11 is 0. The molecule has 1 aromatic rings. The third-order valence-corrected chi connectivity index (χ3v) is 4.13. The number of nitrogens with zero attached hydrogens (tertiary/aromatic N) is 1. The number of benzene rings is 1. The fraction of sp³-hybridized carbons (Fsp3) is 0.579. The highest BCUT2D eigenvalue weighted by atomic mass is 16.6. The van der Waals surface area contributed by atoms with Gasteiger partial charge in [-0.1, -0.05) is 12.1 Å². The lowest BCUT2D eigenvalue weighted by Crippen LogP contribution is -2.44. The highest BCUT2D eigenvalue weighted by Gasteiger charge is 2.41. The summed E-state index contributed by atoms with van der Waals surface area (Å²) in [5.74, 6) is 0.361. The minimum atomic E-state index is -0.641. The number of carbonyl (C=O) groups is 2. The van der Waals surface area contributed by atoms with Crippen molar-refractivity contribution in [1.29, 1.82) is 0 Å². The minimum absolute atomic E-state index is 0.0298. The highest BCUT2D eigenvalue weighted by molar-refractivity contribution is 5.82. The predicted octanol–water partition coefficient (Wildman–Crippen LogP) is 2.34. The quantitative estimate of drug-likeness (QED) is 0.808. The number of likely N-dealkylation sites (tertiary alicyclic amines) is 1. The van der Waals surface area contributed by atoms with Gasteiger partial charge in [-0.25, -0.2) is 9.59 Å². The van der Waals surface area contributed by atoms with E-state index in [9.17, 15) is 9.59 Å². The van der Waals surface area contributed by atoms with E-state index in [-0.39, 0.29) is 6.04 Å². The maximum atomic E-state index is 12.4. The third-order valence-electron chi connectivity index (χ3n) is 4.13. The zero-order valence-electron chi connectivity index (χ0n) is 16.1. The summed E-state index contributed by atoms with van der Waals surface area (Å²) in [6.07, 6.45) is -0.0193. The number of rotatable bonds is 5. The lowest BCUT2D eigenvalue weighted by atomic mass is 10.1. The van der Waals surface area contributed by atoms with Gasteiger partial charge in [0.15, 0.2) is 0 Å². The van der Waals surface area contributed by atoms with E-state index < -0.39 is 23.7 Å². The number of hydrogen-bond donors (Lipinski definition) is 1. The van der Waals surface area contributed by atoms with Crippen LogP contribution in [0.25, 0.3) is 0 Å². The number of esters is 1. The van der Waals surface area contributed by atoms with Crippen molar-refractivity contribution in [3.05, 3.63) is 29.8 Å². The maximum Gasteiger partial charge on any atom is 0.411 e. The molecule has 1 aliphatic heterocycles. The molecule has 1 aromatic carbocycles. The van der Waals surface area contributed by atoms with Crippen LogP contribution in [-0.2, 0) is 20.8 Å². The van der Waals surface area contributed by atoms with Gasteiger partial charge in [-0.2, -0.15) is 0 Å². The van der Waals surface area contributed by atoms with Crippen LogP contribution in [0.2, 0.25) is 0 Å². The molecule has 0 unspecified atom stereocenters. The first kappa shape index (κ1) is 20.0. The van der Waals surface area contributed by atoms with Crippen LogP contribution in [0.15, 0.2) is 24.3 Å². The van der Waals surface area contributed by atoms with E-state index in [1.165, 1.54) is 12.0 Å². The molecule has 2 rings (SSSR count). The monoisotopic (exact) mass is 364 g/mol. The third kappa shape index (κ3) is 5.36. The molecule has 2 atom stereocenters. The van der Waals surface area contributed by atoms with Gasteiger partial charge in [-0.15, -0.1) is 0 Å². The molecule has 1 amide bonds. The summed E-state index contributed by atoms with van der Waals surface area (Å²) in [5, 5.41) is 3.39. The van der Waals surface area contributed by atoms with Crippen LogP contribution < -0.4 is 10.1 Å². The molecule has 1 N–H and O–H groups in total. The van der Waals surface area contributed by atoms with Gasteiger partial charge < -0.3 is 19.5 Å². The van der Waals surface area contributed by atoms with Gasteiger partial charge in [-0.05, 0) is 44.9 Å². The topological polar surface area (TPSA) is 77.1 Å². The Morgan fingerprint density at radius 1 is 1.27 bits per heavy atom. The van der Waals surface area contributed by atoms with Gasteiger partial charge in [-0.3, -0.25) is 4.90 Å². The molecule has 0 radical (unpaired) electrons. The molecular weight excluding hydrogens is 336 g/mol. The SMILES string of the molecule is COC(=O)[C@@H]1C[C@@H](NCc2cccc(OC)c2)CN1C(=O)OC(C)(C)C. The van der Waals surface area contributed by atoms with Crippen LogP contribution in [0.3, 0.4) is 0 Å². The van der Waals surface area contributed by atoms with E-state index in [0.717, 1.165) is 11.3 Å². The molecule has 1 saturated heterocycles. The van der Waals surface area contributed by atoms with Crippen molar-refractivity contribution in [2.24, 2.45) is 0 Å². The zero-order chi connectivity index (χ0) is 19.3. The Hall–Kier alpha value is -2.28. The number of methoxy groups -OCH3 is 2. The van der Waals surface area contributed by atoms with Gasteiger partial charge >= 0.3 is 12.1 Å². The first-order chi connectivity index (χ1) is 12.2. The van der Waals surface area contributed by atoms with Crippen LogP contribution in [0.1, 0.15) is 32.8 Å². The fourth-order valence-corrected chi connectivity index (χ4v) is 2.91. The number of carbonyl (C=O) groups excluding carboxylic acids is 2. The molecule has 0 spiro atoms. The van der Waals surface area contributed by atoms with Gasteiger partial charge in [0.1, 0.15) is 17.4 Å². The van der Waals surface area contributed by atoms with Crippen LogP contribution in [0.5, 0.6) is 5.75 Å². The van der Waals surface area contributed by atoms with E-state index in [0.29, 0.717) is 19.5 Å². The van der Waals surface area contributed by atoms with E-state index in [4.69, 9.17) is 14.2 Å². The average molecular weight is 364 g/mol. The lowest BCUT2D eigenvalue weighted by molar-refractivity contribution is -0.145. The predicted molar refractivity (Wildman–Crippen MR) is 97.0 cm³/mol.